The van der Waals surface area contributed by atoms with Crippen molar-refractivity contribution in [1.82, 2.24) is 0 Å². The predicted molar refractivity (Wildman–Crippen MR) is 204 cm³/mol. The molecule has 2 aliphatic rings. The standard InChI is InChI=1S/C47H39N/c1-47(2)44-31-39(28-30-42(44)43-29-25-37-14-7-9-17-41(37)46(43)47)48(45-18-10-15-36-13-6-8-16-40(36)45)38-26-23-35(24-27-38)34-21-19-33(20-22-34)32-11-4-3-5-12-32/h3-5,7,9-12,14-15,17-31H,6,8,13,16H2,1-2H3. The lowest BCUT2D eigenvalue weighted by atomic mass is 9.80. The van der Waals surface area contributed by atoms with Crippen molar-refractivity contribution >= 4 is 27.8 Å². The summed E-state index contributed by atoms with van der Waals surface area (Å²) in [6.45, 7) is 4.81. The van der Waals surface area contributed by atoms with Crippen LogP contribution in [0.5, 0.6) is 0 Å². The molecular formula is C47H39N. The Labute approximate surface area is 284 Å². The van der Waals surface area contributed by atoms with Crippen LogP contribution in [-0.2, 0) is 18.3 Å². The van der Waals surface area contributed by atoms with Gasteiger partial charge in [0.1, 0.15) is 0 Å². The zero-order valence-corrected chi connectivity index (χ0v) is 27.7. The largest absolute Gasteiger partial charge is 0.310 e. The van der Waals surface area contributed by atoms with E-state index in [2.05, 4.69) is 170 Å². The number of hydrogen-bond acceptors (Lipinski definition) is 1. The molecule has 0 atom stereocenters. The average molecular weight is 618 g/mol. The molecule has 0 amide bonds. The van der Waals surface area contributed by atoms with Crippen LogP contribution in [0.15, 0.2) is 152 Å². The van der Waals surface area contributed by atoms with Gasteiger partial charge < -0.3 is 4.90 Å². The lowest BCUT2D eigenvalue weighted by Gasteiger charge is -2.31. The summed E-state index contributed by atoms with van der Waals surface area (Å²) < 4.78 is 0. The smallest absolute Gasteiger partial charge is 0.0496 e. The van der Waals surface area contributed by atoms with Gasteiger partial charge in [0, 0.05) is 22.5 Å². The average Bonchev–Trinajstić information content (AvgIpc) is 3.38. The summed E-state index contributed by atoms with van der Waals surface area (Å²) >= 11 is 0. The molecule has 0 saturated carbocycles. The second kappa shape index (κ2) is 11.4. The minimum atomic E-state index is -0.112. The summed E-state index contributed by atoms with van der Waals surface area (Å²) in [4.78, 5) is 2.52. The Kier molecular flexibility index (Phi) is 6.83. The van der Waals surface area contributed by atoms with Crippen LogP contribution >= 0.6 is 0 Å². The molecule has 0 radical (unpaired) electrons. The fourth-order valence-electron chi connectivity index (χ4n) is 8.41. The lowest BCUT2D eigenvalue weighted by molar-refractivity contribution is 0.666. The van der Waals surface area contributed by atoms with Gasteiger partial charge in [-0.3, -0.25) is 0 Å². The van der Waals surface area contributed by atoms with Gasteiger partial charge in [-0.1, -0.05) is 135 Å². The van der Waals surface area contributed by atoms with E-state index in [0.717, 1.165) is 12.8 Å². The van der Waals surface area contributed by atoms with E-state index in [1.165, 1.54) is 96.3 Å². The molecule has 2 aliphatic carbocycles. The number of benzene rings is 7. The van der Waals surface area contributed by atoms with E-state index >= 15 is 0 Å². The van der Waals surface area contributed by atoms with E-state index in [0.29, 0.717) is 0 Å². The first-order valence-electron chi connectivity index (χ1n) is 17.4. The van der Waals surface area contributed by atoms with Gasteiger partial charge in [0.25, 0.3) is 0 Å². The molecule has 1 heteroatoms. The fraction of sp³-hybridized carbons (Fsp3) is 0.149. The SMILES string of the molecule is CC1(C)c2cc(N(c3ccc(-c4ccc(-c5ccccc5)cc4)cc3)c3cccc4c3CCCC4)ccc2-c2ccc3ccccc3c21. The van der Waals surface area contributed by atoms with Crippen LogP contribution in [0.2, 0.25) is 0 Å². The highest BCUT2D eigenvalue weighted by atomic mass is 15.1. The zero-order valence-electron chi connectivity index (χ0n) is 27.7. The molecule has 9 rings (SSSR count). The fourth-order valence-corrected chi connectivity index (χ4v) is 8.41. The monoisotopic (exact) mass is 617 g/mol. The minimum Gasteiger partial charge on any atom is -0.310 e. The van der Waals surface area contributed by atoms with Crippen LogP contribution in [0.3, 0.4) is 0 Å². The Bertz CT molecular complexity index is 2290. The van der Waals surface area contributed by atoms with Gasteiger partial charge in [0.05, 0.1) is 0 Å². The number of nitrogens with zero attached hydrogens (tertiary/aromatic N) is 1. The van der Waals surface area contributed by atoms with E-state index in [9.17, 15) is 0 Å². The van der Waals surface area contributed by atoms with Gasteiger partial charge in [0.15, 0.2) is 0 Å². The number of aryl methyl sites for hydroxylation is 1. The first-order chi connectivity index (χ1) is 23.6. The normalized spacial score (nSPS) is 14.3. The van der Waals surface area contributed by atoms with Gasteiger partial charge >= 0.3 is 0 Å². The minimum absolute atomic E-state index is 0.112. The first-order valence-corrected chi connectivity index (χ1v) is 17.4. The maximum Gasteiger partial charge on any atom is 0.0496 e. The third kappa shape index (κ3) is 4.68. The molecule has 0 spiro atoms. The number of anilines is 3. The Morgan fingerprint density at radius 2 is 1.12 bits per heavy atom. The summed E-state index contributed by atoms with van der Waals surface area (Å²) in [5.74, 6) is 0. The Hall–Kier alpha value is -5.40. The maximum atomic E-state index is 2.52. The highest BCUT2D eigenvalue weighted by Crippen LogP contribution is 2.53. The van der Waals surface area contributed by atoms with Crippen LogP contribution in [0.1, 0.15) is 48.9 Å². The molecule has 0 aromatic heterocycles. The van der Waals surface area contributed by atoms with Gasteiger partial charge in [-0.05, 0) is 122 Å². The van der Waals surface area contributed by atoms with Crippen molar-refractivity contribution in [2.45, 2.75) is 44.9 Å². The van der Waals surface area contributed by atoms with Crippen molar-refractivity contribution in [3.8, 4) is 33.4 Å². The van der Waals surface area contributed by atoms with Crippen molar-refractivity contribution < 1.29 is 0 Å². The van der Waals surface area contributed by atoms with E-state index in [1.807, 2.05) is 0 Å². The molecule has 7 aromatic rings. The molecule has 7 aromatic carbocycles. The number of rotatable bonds is 5. The van der Waals surface area contributed by atoms with Crippen molar-refractivity contribution in [2.24, 2.45) is 0 Å². The molecule has 0 fully saturated rings. The molecular weight excluding hydrogens is 579 g/mol. The molecule has 232 valence electrons. The molecule has 1 nitrogen and oxygen atoms in total. The van der Waals surface area contributed by atoms with Gasteiger partial charge in [-0.25, -0.2) is 0 Å². The summed E-state index contributed by atoms with van der Waals surface area (Å²) in [5.41, 5.74) is 17.1. The molecule has 0 heterocycles. The Morgan fingerprint density at radius 1 is 0.500 bits per heavy atom. The Morgan fingerprint density at radius 3 is 1.90 bits per heavy atom. The summed E-state index contributed by atoms with van der Waals surface area (Å²) in [7, 11) is 0. The molecule has 0 unspecified atom stereocenters. The van der Waals surface area contributed by atoms with E-state index in [1.54, 1.807) is 0 Å². The number of hydrogen-bond donors (Lipinski definition) is 0. The second-order valence-corrected chi connectivity index (χ2v) is 14.0. The van der Waals surface area contributed by atoms with Crippen molar-refractivity contribution in [3.63, 3.8) is 0 Å². The van der Waals surface area contributed by atoms with Crippen molar-refractivity contribution in [2.75, 3.05) is 4.90 Å². The van der Waals surface area contributed by atoms with Crippen molar-refractivity contribution in [3.05, 3.63) is 174 Å². The van der Waals surface area contributed by atoms with E-state index in [-0.39, 0.29) is 5.41 Å². The van der Waals surface area contributed by atoms with Gasteiger partial charge in [-0.2, -0.15) is 0 Å². The first kappa shape index (κ1) is 28.8. The van der Waals surface area contributed by atoms with Crippen LogP contribution < -0.4 is 4.90 Å². The third-order valence-electron chi connectivity index (χ3n) is 10.8. The van der Waals surface area contributed by atoms with E-state index in [4.69, 9.17) is 0 Å². The molecule has 0 saturated heterocycles. The van der Waals surface area contributed by atoms with E-state index < -0.39 is 0 Å². The second-order valence-electron chi connectivity index (χ2n) is 14.0. The highest BCUT2D eigenvalue weighted by molar-refractivity contribution is 5.98. The summed E-state index contributed by atoms with van der Waals surface area (Å²) in [5, 5.41) is 2.67. The molecule has 0 aliphatic heterocycles. The molecule has 0 bridgehead atoms. The lowest BCUT2D eigenvalue weighted by Crippen LogP contribution is -2.18. The Balaban J connectivity index is 1.14. The summed E-state index contributed by atoms with van der Waals surface area (Å²) in [6.07, 6.45) is 4.80. The number of fused-ring (bicyclic) bond motifs is 6. The maximum absolute atomic E-state index is 2.52. The van der Waals surface area contributed by atoms with Crippen LogP contribution in [0.25, 0.3) is 44.2 Å². The summed E-state index contributed by atoms with van der Waals surface area (Å²) in [6, 6.07) is 56.3. The van der Waals surface area contributed by atoms with Crippen LogP contribution in [-0.4, -0.2) is 0 Å². The topological polar surface area (TPSA) is 3.24 Å². The highest BCUT2D eigenvalue weighted by Gasteiger charge is 2.37. The van der Waals surface area contributed by atoms with Crippen LogP contribution in [0.4, 0.5) is 17.1 Å². The predicted octanol–water partition coefficient (Wildman–Crippen LogP) is 12.8. The third-order valence-corrected chi connectivity index (χ3v) is 10.8. The van der Waals surface area contributed by atoms with Crippen molar-refractivity contribution in [1.29, 1.82) is 0 Å². The quantitative estimate of drug-likeness (QED) is 0.186. The zero-order chi connectivity index (χ0) is 32.2. The van der Waals surface area contributed by atoms with Gasteiger partial charge in [0.2, 0.25) is 0 Å². The molecule has 48 heavy (non-hydrogen) atoms. The van der Waals surface area contributed by atoms with Gasteiger partial charge in [-0.15, -0.1) is 0 Å². The van der Waals surface area contributed by atoms with Crippen LogP contribution in [0, 0.1) is 0 Å². The molecule has 0 N–H and O–H groups in total.